The molecular weight excluding hydrogens is 452 g/mol. The number of aliphatic carboxylic acids is 1. The van der Waals surface area contributed by atoms with Crippen LogP contribution in [0.3, 0.4) is 0 Å². The van der Waals surface area contributed by atoms with Crippen LogP contribution in [0.2, 0.25) is 5.02 Å². The van der Waals surface area contributed by atoms with Crippen LogP contribution in [0, 0.1) is 11.8 Å². The second kappa shape index (κ2) is 11.5. The number of carboxylic acids is 1. The highest BCUT2D eigenvalue weighted by atomic mass is 35.5. The number of nitrogens with one attached hydrogen (secondary N) is 1. The molecule has 1 aliphatic carbocycles. The Bertz CT molecular complexity index is 1040. The van der Waals surface area contributed by atoms with E-state index in [1.807, 2.05) is 42.5 Å². The zero-order valence-corrected chi connectivity index (χ0v) is 20.0. The van der Waals surface area contributed by atoms with Crippen molar-refractivity contribution in [3.05, 3.63) is 70.2 Å². The van der Waals surface area contributed by atoms with Crippen LogP contribution in [-0.4, -0.2) is 42.1 Å². The molecule has 1 amide bonds. The number of carboxylic acid groups (broad SMARTS) is 1. The molecular formula is C27H31ClN2O4. The number of aliphatic imine (C=N–C) groups is 1. The summed E-state index contributed by atoms with van der Waals surface area (Å²) in [7, 11) is 0. The summed E-state index contributed by atoms with van der Waals surface area (Å²) in [6.07, 6.45) is 5.48. The van der Waals surface area contributed by atoms with Gasteiger partial charge in [-0.3, -0.25) is 9.59 Å². The first kappa shape index (κ1) is 24.3. The Balaban J connectivity index is 1.32. The van der Waals surface area contributed by atoms with Crippen LogP contribution >= 0.6 is 11.6 Å². The fraction of sp³-hybridized carbons (Fsp3) is 0.444. The molecule has 0 spiro atoms. The molecule has 0 bridgehead atoms. The van der Waals surface area contributed by atoms with Crippen molar-refractivity contribution in [2.75, 3.05) is 13.2 Å². The zero-order valence-electron chi connectivity index (χ0n) is 19.2. The number of benzene rings is 2. The molecule has 34 heavy (non-hydrogen) atoms. The minimum absolute atomic E-state index is 0.0995. The maximum atomic E-state index is 12.6. The van der Waals surface area contributed by atoms with Crippen molar-refractivity contribution in [3.8, 4) is 0 Å². The Kier molecular flexibility index (Phi) is 8.22. The molecule has 1 saturated carbocycles. The van der Waals surface area contributed by atoms with Crippen LogP contribution < -0.4 is 5.32 Å². The van der Waals surface area contributed by atoms with E-state index in [-0.39, 0.29) is 18.2 Å². The van der Waals surface area contributed by atoms with Crippen molar-refractivity contribution >= 4 is 29.4 Å². The van der Waals surface area contributed by atoms with E-state index in [0.29, 0.717) is 36.4 Å². The molecule has 2 aromatic rings. The molecule has 2 aromatic carbocycles. The van der Waals surface area contributed by atoms with Crippen molar-refractivity contribution in [2.45, 2.75) is 51.0 Å². The van der Waals surface area contributed by atoms with Crippen molar-refractivity contribution < 1.29 is 19.4 Å². The predicted octanol–water partition coefficient (Wildman–Crippen LogP) is 4.47. The first-order chi connectivity index (χ1) is 16.5. The van der Waals surface area contributed by atoms with Crippen molar-refractivity contribution in [1.29, 1.82) is 0 Å². The van der Waals surface area contributed by atoms with Gasteiger partial charge in [0.2, 0.25) is 5.91 Å². The molecule has 6 nitrogen and oxygen atoms in total. The Morgan fingerprint density at radius 2 is 1.82 bits per heavy atom. The quantitative estimate of drug-likeness (QED) is 0.523. The molecule has 2 aliphatic rings. The number of carbonyl (C=O) groups is 2. The average Bonchev–Trinajstić information content (AvgIpc) is 3.49. The van der Waals surface area contributed by atoms with Crippen LogP contribution in [0.4, 0.5) is 0 Å². The lowest BCUT2D eigenvalue weighted by molar-refractivity contribution is -0.137. The smallest absolute Gasteiger partial charge is 0.303 e. The number of halogens is 1. The molecule has 7 heteroatoms. The van der Waals surface area contributed by atoms with Gasteiger partial charge >= 0.3 is 5.97 Å². The number of nitrogens with zero attached hydrogens (tertiary/aromatic N) is 1. The normalized spacial score (nSPS) is 21.7. The summed E-state index contributed by atoms with van der Waals surface area (Å²) in [6.45, 7) is 0.835. The predicted molar refractivity (Wildman–Crippen MR) is 132 cm³/mol. The van der Waals surface area contributed by atoms with E-state index in [2.05, 4.69) is 16.4 Å². The lowest BCUT2D eigenvalue weighted by atomic mass is 9.87. The molecule has 1 aliphatic heterocycles. The van der Waals surface area contributed by atoms with Crippen LogP contribution in [0.5, 0.6) is 0 Å². The third kappa shape index (κ3) is 6.38. The summed E-state index contributed by atoms with van der Waals surface area (Å²) in [4.78, 5) is 28.3. The molecule has 4 rings (SSSR count). The van der Waals surface area contributed by atoms with Gasteiger partial charge in [0.1, 0.15) is 6.61 Å². The maximum Gasteiger partial charge on any atom is 0.303 e. The minimum atomic E-state index is -0.778. The minimum Gasteiger partial charge on any atom is -0.481 e. The highest BCUT2D eigenvalue weighted by molar-refractivity contribution is 6.30. The Morgan fingerprint density at radius 3 is 2.59 bits per heavy atom. The van der Waals surface area contributed by atoms with Crippen molar-refractivity contribution in [2.24, 2.45) is 16.8 Å². The van der Waals surface area contributed by atoms with Gasteiger partial charge in [-0.25, -0.2) is 4.99 Å². The number of amides is 1. The topological polar surface area (TPSA) is 88.0 Å². The van der Waals surface area contributed by atoms with Gasteiger partial charge in [-0.15, -0.1) is 0 Å². The standard InChI is InChI=1S/C27H31ClN2O4/c28-22-11-8-18(9-12-22)14-15-29-26(33)24-17-34-27(30-24)23-7-3-6-21(23)16-20-5-2-1-4-19(20)10-13-25(31)32/h1-2,4-5,8-9,11-12,21,23-24H,3,6-7,10,13-17H2,(H,29,33)(H,31,32)/t21-,23+,24?/m0/s1. The first-order valence-corrected chi connectivity index (χ1v) is 12.4. The van der Waals surface area contributed by atoms with Gasteiger partial charge in [0.05, 0.1) is 0 Å². The van der Waals surface area contributed by atoms with Crippen LogP contribution in [0.1, 0.15) is 42.4 Å². The van der Waals surface area contributed by atoms with E-state index in [1.165, 1.54) is 5.56 Å². The molecule has 3 atom stereocenters. The lowest BCUT2D eigenvalue weighted by Crippen LogP contribution is -2.35. The fourth-order valence-electron chi connectivity index (χ4n) is 4.96. The van der Waals surface area contributed by atoms with E-state index in [0.717, 1.165) is 43.2 Å². The van der Waals surface area contributed by atoms with Gasteiger partial charge in [-0.05, 0) is 66.8 Å². The Morgan fingerprint density at radius 1 is 1.06 bits per heavy atom. The number of hydrogen-bond acceptors (Lipinski definition) is 4. The summed E-state index contributed by atoms with van der Waals surface area (Å²) < 4.78 is 5.92. The summed E-state index contributed by atoms with van der Waals surface area (Å²) >= 11 is 5.92. The van der Waals surface area contributed by atoms with Gasteiger partial charge < -0.3 is 15.2 Å². The van der Waals surface area contributed by atoms with Gasteiger partial charge in [-0.1, -0.05) is 54.4 Å². The number of hydrogen-bond donors (Lipinski definition) is 2. The highest BCUT2D eigenvalue weighted by Gasteiger charge is 2.37. The number of ether oxygens (including phenoxy) is 1. The zero-order chi connectivity index (χ0) is 23.9. The molecule has 2 N–H and O–H groups in total. The van der Waals surface area contributed by atoms with Gasteiger partial charge in [-0.2, -0.15) is 0 Å². The number of carbonyl (C=O) groups excluding carboxylic acids is 1. The van der Waals surface area contributed by atoms with Gasteiger partial charge in [0.25, 0.3) is 0 Å². The molecule has 1 heterocycles. The molecule has 0 aromatic heterocycles. The van der Waals surface area contributed by atoms with E-state index in [9.17, 15) is 9.59 Å². The van der Waals surface area contributed by atoms with E-state index >= 15 is 0 Å². The average molecular weight is 483 g/mol. The SMILES string of the molecule is O=C(O)CCc1ccccc1C[C@@H]1CCC[C@H]1C1=NC(C(=O)NCCc2ccc(Cl)cc2)CO1. The highest BCUT2D eigenvalue weighted by Crippen LogP contribution is 2.37. The third-order valence-corrected chi connectivity index (χ3v) is 7.04. The van der Waals surface area contributed by atoms with Crippen LogP contribution in [0.15, 0.2) is 53.5 Å². The monoisotopic (exact) mass is 482 g/mol. The molecule has 1 fully saturated rings. The van der Waals surface area contributed by atoms with E-state index in [4.69, 9.17) is 21.4 Å². The van der Waals surface area contributed by atoms with E-state index in [1.54, 1.807) is 0 Å². The van der Waals surface area contributed by atoms with Gasteiger partial charge in [0.15, 0.2) is 11.9 Å². The Hall–Kier alpha value is -2.86. The summed E-state index contributed by atoms with van der Waals surface area (Å²) in [5.41, 5.74) is 3.42. The fourth-order valence-corrected chi connectivity index (χ4v) is 5.09. The lowest BCUT2D eigenvalue weighted by Gasteiger charge is -2.20. The first-order valence-electron chi connectivity index (χ1n) is 12.0. The summed E-state index contributed by atoms with van der Waals surface area (Å²) in [5, 5.41) is 12.7. The largest absolute Gasteiger partial charge is 0.481 e. The van der Waals surface area contributed by atoms with Crippen molar-refractivity contribution in [1.82, 2.24) is 5.32 Å². The summed E-state index contributed by atoms with van der Waals surface area (Å²) in [6, 6.07) is 15.2. The molecule has 180 valence electrons. The molecule has 0 saturated heterocycles. The summed E-state index contributed by atoms with van der Waals surface area (Å²) in [5.74, 6) is 0.427. The molecule has 0 radical (unpaired) electrons. The van der Waals surface area contributed by atoms with Crippen LogP contribution in [0.25, 0.3) is 0 Å². The molecule has 1 unspecified atom stereocenters. The second-order valence-corrected chi connectivity index (χ2v) is 9.56. The second-order valence-electron chi connectivity index (χ2n) is 9.13. The van der Waals surface area contributed by atoms with Gasteiger partial charge in [0, 0.05) is 23.9 Å². The van der Waals surface area contributed by atoms with E-state index < -0.39 is 12.0 Å². The Labute approximate surface area is 205 Å². The van der Waals surface area contributed by atoms with Crippen LogP contribution in [-0.2, 0) is 33.6 Å². The maximum absolute atomic E-state index is 12.6. The number of aryl methyl sites for hydroxylation is 1. The third-order valence-electron chi connectivity index (χ3n) is 6.79. The van der Waals surface area contributed by atoms with Crippen molar-refractivity contribution in [3.63, 3.8) is 0 Å². The number of rotatable bonds is 10.